The molecule has 0 N–H and O–H groups in total. The fraction of sp³-hybridized carbons (Fsp3) is 0.571. The van der Waals surface area contributed by atoms with Gasteiger partial charge in [-0.1, -0.05) is 0 Å². The lowest BCUT2D eigenvalue weighted by Gasteiger charge is -2.27. The maximum absolute atomic E-state index is 10.8. The van der Waals surface area contributed by atoms with E-state index in [0.717, 1.165) is 6.42 Å². The Hall–Kier alpha value is -1.14. The number of nitro groups is 1. The number of nitrogens with zero attached hydrogens (tertiary/aromatic N) is 1. The first-order valence-corrected chi connectivity index (χ1v) is 7.21. The van der Waals surface area contributed by atoms with Crippen LogP contribution in [0.1, 0.15) is 34.1 Å². The van der Waals surface area contributed by atoms with Crippen molar-refractivity contribution in [2.75, 3.05) is 0 Å². The van der Waals surface area contributed by atoms with Gasteiger partial charge in [-0.25, -0.2) is 0 Å². The quantitative estimate of drug-likeness (QED) is 0.612. The Labute approximate surface area is 126 Å². The van der Waals surface area contributed by atoms with Crippen molar-refractivity contribution in [1.82, 2.24) is 0 Å². The van der Waals surface area contributed by atoms with Gasteiger partial charge in [0.2, 0.25) is 0 Å². The molecule has 0 aromatic heterocycles. The van der Waals surface area contributed by atoms with Crippen LogP contribution < -0.4 is 4.74 Å². The molecular weight excluding hydrogens is 326 g/mol. The van der Waals surface area contributed by atoms with Gasteiger partial charge in [-0.2, -0.15) is 0 Å². The molecule has 1 saturated heterocycles. The van der Waals surface area contributed by atoms with Gasteiger partial charge < -0.3 is 9.47 Å². The normalized spacial score (nSPS) is 23.6. The predicted octanol–water partition coefficient (Wildman–Crippen LogP) is 4.08. The van der Waals surface area contributed by atoms with Gasteiger partial charge in [0.05, 0.1) is 21.1 Å². The molecule has 2 rings (SSSR count). The van der Waals surface area contributed by atoms with Crippen molar-refractivity contribution in [2.45, 2.75) is 51.4 Å². The third kappa shape index (κ3) is 3.12. The molecule has 0 radical (unpaired) electrons. The number of rotatable bonds is 3. The second-order valence-corrected chi connectivity index (χ2v) is 7.00. The molecule has 20 heavy (non-hydrogen) atoms. The fourth-order valence-electron chi connectivity index (χ4n) is 2.54. The zero-order valence-electron chi connectivity index (χ0n) is 12.0. The summed E-state index contributed by atoms with van der Waals surface area (Å²) >= 11 is 3.36. The number of halogens is 1. The van der Waals surface area contributed by atoms with Crippen LogP contribution in [0.2, 0.25) is 0 Å². The van der Waals surface area contributed by atoms with Crippen LogP contribution in [0.25, 0.3) is 0 Å². The van der Waals surface area contributed by atoms with E-state index < -0.39 is 10.5 Å². The Morgan fingerprint density at radius 1 is 1.40 bits per heavy atom. The Kier molecular flexibility index (Phi) is 3.81. The highest BCUT2D eigenvalue weighted by Gasteiger charge is 2.47. The van der Waals surface area contributed by atoms with Gasteiger partial charge in [0.25, 0.3) is 5.69 Å². The second kappa shape index (κ2) is 5.00. The average molecular weight is 344 g/mol. The SMILES string of the molecule is CC1(C)CC(Oc2cc([N+](=O)[O-])ccc2Br)C(C)(C)O1. The molecule has 0 saturated carbocycles. The molecule has 0 aliphatic carbocycles. The summed E-state index contributed by atoms with van der Waals surface area (Å²) in [5, 5.41) is 10.8. The van der Waals surface area contributed by atoms with Crippen molar-refractivity contribution in [3.63, 3.8) is 0 Å². The fourth-order valence-corrected chi connectivity index (χ4v) is 2.88. The number of hydrogen-bond acceptors (Lipinski definition) is 4. The van der Waals surface area contributed by atoms with E-state index in [-0.39, 0.29) is 17.4 Å². The van der Waals surface area contributed by atoms with Gasteiger partial charge in [0, 0.05) is 12.5 Å². The third-order valence-electron chi connectivity index (χ3n) is 3.39. The van der Waals surface area contributed by atoms with E-state index in [4.69, 9.17) is 9.47 Å². The summed E-state index contributed by atoms with van der Waals surface area (Å²) in [6.07, 6.45) is 0.575. The molecule has 1 aliphatic rings. The van der Waals surface area contributed by atoms with Crippen molar-refractivity contribution < 1.29 is 14.4 Å². The molecule has 6 heteroatoms. The van der Waals surface area contributed by atoms with Crippen LogP contribution in [-0.2, 0) is 4.74 Å². The van der Waals surface area contributed by atoms with Crippen molar-refractivity contribution in [3.05, 3.63) is 32.8 Å². The summed E-state index contributed by atoms with van der Waals surface area (Å²) in [4.78, 5) is 10.4. The molecular formula is C14H18BrNO4. The molecule has 1 aromatic rings. The van der Waals surface area contributed by atoms with Crippen LogP contribution in [0.4, 0.5) is 5.69 Å². The summed E-state index contributed by atoms with van der Waals surface area (Å²) in [6.45, 7) is 7.97. The molecule has 0 bridgehead atoms. The Bertz CT molecular complexity index is 542. The zero-order valence-corrected chi connectivity index (χ0v) is 13.6. The number of hydrogen-bond donors (Lipinski definition) is 0. The van der Waals surface area contributed by atoms with E-state index in [1.807, 2.05) is 27.7 Å². The lowest BCUT2D eigenvalue weighted by Crippen LogP contribution is -2.36. The van der Waals surface area contributed by atoms with Gasteiger partial charge in [-0.3, -0.25) is 10.1 Å². The largest absolute Gasteiger partial charge is 0.486 e. The zero-order chi connectivity index (χ0) is 15.1. The van der Waals surface area contributed by atoms with Gasteiger partial charge in [-0.15, -0.1) is 0 Å². The van der Waals surface area contributed by atoms with Crippen molar-refractivity contribution >= 4 is 21.6 Å². The molecule has 1 unspecified atom stereocenters. The number of ether oxygens (including phenoxy) is 2. The van der Waals surface area contributed by atoms with Gasteiger partial charge in [0.15, 0.2) is 0 Å². The standard InChI is InChI=1S/C14H18BrNO4/c1-13(2)8-12(14(3,4)20-13)19-11-7-9(16(17)18)5-6-10(11)15/h5-7,12H,8H2,1-4H3. The van der Waals surface area contributed by atoms with Crippen LogP contribution >= 0.6 is 15.9 Å². The molecule has 1 atom stereocenters. The minimum absolute atomic E-state index is 0.0131. The minimum atomic E-state index is -0.437. The highest BCUT2D eigenvalue weighted by Crippen LogP contribution is 2.41. The Morgan fingerprint density at radius 3 is 2.55 bits per heavy atom. The van der Waals surface area contributed by atoms with Crippen LogP contribution in [-0.4, -0.2) is 22.2 Å². The summed E-state index contributed by atoms with van der Waals surface area (Å²) < 4.78 is 12.6. The maximum Gasteiger partial charge on any atom is 0.273 e. The summed E-state index contributed by atoms with van der Waals surface area (Å²) in [5.74, 6) is 0.471. The van der Waals surface area contributed by atoms with Gasteiger partial charge in [-0.05, 0) is 49.7 Å². The molecule has 1 heterocycles. The van der Waals surface area contributed by atoms with E-state index in [2.05, 4.69) is 15.9 Å². The molecule has 1 aromatic carbocycles. The maximum atomic E-state index is 10.8. The molecule has 110 valence electrons. The Balaban J connectivity index is 2.26. The van der Waals surface area contributed by atoms with E-state index >= 15 is 0 Å². The first-order valence-electron chi connectivity index (χ1n) is 6.41. The lowest BCUT2D eigenvalue weighted by molar-refractivity contribution is -0.385. The first kappa shape index (κ1) is 15.3. The summed E-state index contributed by atoms with van der Waals surface area (Å²) in [6, 6.07) is 4.50. The Morgan fingerprint density at radius 2 is 2.05 bits per heavy atom. The molecule has 0 amide bonds. The lowest BCUT2D eigenvalue weighted by atomic mass is 9.97. The van der Waals surface area contributed by atoms with E-state index in [9.17, 15) is 10.1 Å². The van der Waals surface area contributed by atoms with Crippen LogP contribution in [0, 0.1) is 10.1 Å². The first-order chi connectivity index (χ1) is 9.11. The van der Waals surface area contributed by atoms with E-state index in [1.54, 1.807) is 6.07 Å². The van der Waals surface area contributed by atoms with Crippen LogP contribution in [0.3, 0.4) is 0 Å². The molecule has 1 aliphatic heterocycles. The number of benzene rings is 1. The van der Waals surface area contributed by atoms with E-state index in [1.165, 1.54) is 12.1 Å². The predicted molar refractivity (Wildman–Crippen MR) is 79.1 cm³/mol. The highest BCUT2D eigenvalue weighted by atomic mass is 79.9. The van der Waals surface area contributed by atoms with Crippen molar-refractivity contribution in [2.24, 2.45) is 0 Å². The molecule has 1 fully saturated rings. The van der Waals surface area contributed by atoms with Gasteiger partial charge >= 0.3 is 0 Å². The van der Waals surface area contributed by atoms with Gasteiger partial charge in [0.1, 0.15) is 17.5 Å². The third-order valence-corrected chi connectivity index (χ3v) is 4.04. The topological polar surface area (TPSA) is 61.6 Å². The van der Waals surface area contributed by atoms with Crippen molar-refractivity contribution in [1.29, 1.82) is 0 Å². The van der Waals surface area contributed by atoms with Crippen LogP contribution in [0.5, 0.6) is 5.75 Å². The smallest absolute Gasteiger partial charge is 0.273 e. The highest BCUT2D eigenvalue weighted by molar-refractivity contribution is 9.10. The summed E-state index contributed by atoms with van der Waals surface area (Å²) in [7, 11) is 0. The number of non-ortho nitro benzene ring substituents is 1. The monoisotopic (exact) mass is 343 g/mol. The van der Waals surface area contributed by atoms with E-state index in [0.29, 0.717) is 10.2 Å². The van der Waals surface area contributed by atoms with Crippen LogP contribution in [0.15, 0.2) is 22.7 Å². The minimum Gasteiger partial charge on any atom is -0.486 e. The van der Waals surface area contributed by atoms with Crippen molar-refractivity contribution in [3.8, 4) is 5.75 Å². The summed E-state index contributed by atoms with van der Waals surface area (Å²) in [5.41, 5.74) is -0.686. The number of nitro benzene ring substituents is 1. The molecule has 0 spiro atoms. The molecule has 5 nitrogen and oxygen atoms in total. The average Bonchev–Trinajstić information content (AvgIpc) is 2.49. The second-order valence-electron chi connectivity index (χ2n) is 6.15.